The third-order valence-electron chi connectivity index (χ3n) is 1.22. The van der Waals surface area contributed by atoms with E-state index >= 15 is 0 Å². The molecule has 0 aliphatic heterocycles. The Morgan fingerprint density at radius 2 is 2.50 bits per heavy atom. The lowest BCUT2D eigenvalue weighted by Gasteiger charge is -2.03. The van der Waals surface area contributed by atoms with Crippen molar-refractivity contribution in [1.29, 1.82) is 5.41 Å². The summed E-state index contributed by atoms with van der Waals surface area (Å²) in [7, 11) is 0. The second kappa shape index (κ2) is 2.91. The molecule has 0 spiro atoms. The number of carbonyl (C=O) groups excluding carboxylic acids is 1. The van der Waals surface area contributed by atoms with Gasteiger partial charge in [0.2, 0.25) is 12.4 Å². The SMILES string of the molecule is N=c1c(NC=O)cnc(N)n1O. The van der Waals surface area contributed by atoms with Crippen LogP contribution in [0.2, 0.25) is 0 Å². The van der Waals surface area contributed by atoms with E-state index in [-0.39, 0.29) is 17.1 Å². The Morgan fingerprint density at radius 1 is 1.83 bits per heavy atom. The second-order valence-corrected chi connectivity index (χ2v) is 1.95. The maximum Gasteiger partial charge on any atom is 0.236 e. The molecule has 0 aliphatic carbocycles. The Hall–Kier alpha value is -2.05. The highest BCUT2D eigenvalue weighted by molar-refractivity contribution is 5.69. The van der Waals surface area contributed by atoms with Crippen molar-refractivity contribution in [3.05, 3.63) is 11.7 Å². The van der Waals surface area contributed by atoms with Crippen molar-refractivity contribution >= 4 is 18.0 Å². The van der Waals surface area contributed by atoms with Gasteiger partial charge in [0.15, 0.2) is 5.49 Å². The molecule has 1 heterocycles. The molecule has 0 unspecified atom stereocenters. The van der Waals surface area contributed by atoms with Gasteiger partial charge < -0.3 is 16.3 Å². The predicted octanol–water partition coefficient (Wildman–Crippen LogP) is -1.25. The standard InChI is InChI=1S/C5H7N5O2/c6-4-3(9-2-11)1-8-5(7)10(4)12/h1-2,6,12H,(H2,7,8)(H,9,11). The van der Waals surface area contributed by atoms with E-state index in [4.69, 9.17) is 16.4 Å². The summed E-state index contributed by atoms with van der Waals surface area (Å²) in [6, 6.07) is 0. The highest BCUT2D eigenvalue weighted by Crippen LogP contribution is 1.96. The van der Waals surface area contributed by atoms with Crippen LogP contribution >= 0.6 is 0 Å². The molecular formula is C5H7N5O2. The molecule has 12 heavy (non-hydrogen) atoms. The number of rotatable bonds is 2. The monoisotopic (exact) mass is 169 g/mol. The molecular weight excluding hydrogens is 162 g/mol. The van der Waals surface area contributed by atoms with Crippen molar-refractivity contribution < 1.29 is 10.0 Å². The molecule has 0 atom stereocenters. The zero-order chi connectivity index (χ0) is 9.14. The van der Waals surface area contributed by atoms with Crippen molar-refractivity contribution in [1.82, 2.24) is 9.71 Å². The quantitative estimate of drug-likeness (QED) is 0.327. The fourth-order valence-electron chi connectivity index (χ4n) is 0.644. The fourth-order valence-corrected chi connectivity index (χ4v) is 0.644. The summed E-state index contributed by atoms with van der Waals surface area (Å²) < 4.78 is 0.367. The molecule has 1 rings (SSSR count). The van der Waals surface area contributed by atoms with Gasteiger partial charge in [0, 0.05) is 0 Å². The predicted molar refractivity (Wildman–Crippen MR) is 39.4 cm³/mol. The third kappa shape index (κ3) is 1.19. The van der Waals surface area contributed by atoms with Crippen molar-refractivity contribution in [2.24, 2.45) is 0 Å². The molecule has 64 valence electrons. The van der Waals surface area contributed by atoms with Crippen LogP contribution in [0.4, 0.5) is 11.6 Å². The van der Waals surface area contributed by atoms with Gasteiger partial charge in [-0.25, -0.2) is 4.98 Å². The van der Waals surface area contributed by atoms with Crippen LogP contribution in [0.1, 0.15) is 0 Å². The maximum absolute atomic E-state index is 9.98. The lowest BCUT2D eigenvalue weighted by atomic mass is 10.5. The average molecular weight is 169 g/mol. The maximum atomic E-state index is 9.98. The summed E-state index contributed by atoms with van der Waals surface area (Å²) in [5.41, 5.74) is 4.91. The summed E-state index contributed by atoms with van der Waals surface area (Å²) in [6.07, 6.45) is 1.56. The average Bonchev–Trinajstić information content (AvgIpc) is 2.07. The second-order valence-electron chi connectivity index (χ2n) is 1.95. The minimum Gasteiger partial charge on any atom is -0.423 e. The van der Waals surface area contributed by atoms with Gasteiger partial charge in [0.25, 0.3) is 0 Å². The van der Waals surface area contributed by atoms with Gasteiger partial charge in [0.05, 0.1) is 6.20 Å². The van der Waals surface area contributed by atoms with Crippen molar-refractivity contribution in [2.75, 3.05) is 11.1 Å². The lowest BCUT2D eigenvalue weighted by molar-refractivity contribution is -0.105. The van der Waals surface area contributed by atoms with E-state index in [9.17, 15) is 4.79 Å². The van der Waals surface area contributed by atoms with Gasteiger partial charge in [-0.2, -0.15) is 0 Å². The summed E-state index contributed by atoms with van der Waals surface area (Å²) in [5, 5.41) is 18.4. The number of anilines is 2. The molecule has 0 fully saturated rings. The van der Waals surface area contributed by atoms with Crippen LogP contribution in [0.5, 0.6) is 0 Å². The summed E-state index contributed by atoms with van der Waals surface area (Å²) in [6.45, 7) is 0. The van der Waals surface area contributed by atoms with Crippen LogP contribution in [-0.2, 0) is 4.79 Å². The number of nitrogen functional groups attached to an aromatic ring is 1. The van der Waals surface area contributed by atoms with Crippen LogP contribution in [0.15, 0.2) is 6.20 Å². The normalized spacial score (nSPS) is 9.33. The number of hydrogen-bond donors (Lipinski definition) is 4. The van der Waals surface area contributed by atoms with E-state index in [2.05, 4.69) is 10.3 Å². The first-order valence-electron chi connectivity index (χ1n) is 2.98. The molecule has 0 saturated carbocycles. The topological polar surface area (TPSA) is 117 Å². The van der Waals surface area contributed by atoms with Crippen molar-refractivity contribution in [3.8, 4) is 0 Å². The van der Waals surface area contributed by atoms with Gasteiger partial charge in [-0.05, 0) is 0 Å². The molecule has 0 aromatic carbocycles. The molecule has 1 amide bonds. The number of amides is 1. The third-order valence-corrected chi connectivity index (χ3v) is 1.22. The smallest absolute Gasteiger partial charge is 0.236 e. The molecule has 0 bridgehead atoms. The first kappa shape index (κ1) is 8.05. The molecule has 5 N–H and O–H groups in total. The largest absolute Gasteiger partial charge is 0.423 e. The molecule has 0 radical (unpaired) electrons. The zero-order valence-electron chi connectivity index (χ0n) is 5.98. The molecule has 1 aromatic heterocycles. The van der Waals surface area contributed by atoms with E-state index in [1.54, 1.807) is 0 Å². The van der Waals surface area contributed by atoms with Crippen LogP contribution in [-0.4, -0.2) is 21.3 Å². The van der Waals surface area contributed by atoms with Crippen molar-refractivity contribution in [3.63, 3.8) is 0 Å². The van der Waals surface area contributed by atoms with E-state index in [1.807, 2.05) is 0 Å². The minimum atomic E-state index is -0.324. The summed E-state index contributed by atoms with van der Waals surface area (Å²) in [5.74, 6) is -0.212. The van der Waals surface area contributed by atoms with Crippen LogP contribution in [0.25, 0.3) is 0 Å². The molecule has 0 saturated heterocycles. The number of hydrogen-bond acceptors (Lipinski definition) is 5. The van der Waals surface area contributed by atoms with Gasteiger partial charge >= 0.3 is 0 Å². The lowest BCUT2D eigenvalue weighted by Crippen LogP contribution is -2.24. The summed E-state index contributed by atoms with van der Waals surface area (Å²) >= 11 is 0. The summed E-state index contributed by atoms with van der Waals surface area (Å²) in [4.78, 5) is 13.5. The Labute approximate surface area is 66.9 Å². The number of carbonyl (C=O) groups is 1. The van der Waals surface area contributed by atoms with Crippen LogP contribution in [0, 0.1) is 5.41 Å². The highest BCUT2D eigenvalue weighted by atomic mass is 16.5. The Morgan fingerprint density at radius 3 is 3.08 bits per heavy atom. The first-order valence-corrected chi connectivity index (χ1v) is 2.98. The van der Waals surface area contributed by atoms with E-state index in [1.165, 1.54) is 6.20 Å². The molecule has 1 aromatic rings. The number of aromatic nitrogens is 2. The van der Waals surface area contributed by atoms with Crippen molar-refractivity contribution in [2.45, 2.75) is 0 Å². The molecule has 0 aliphatic rings. The van der Waals surface area contributed by atoms with E-state index in [0.29, 0.717) is 11.1 Å². The molecule has 7 nitrogen and oxygen atoms in total. The van der Waals surface area contributed by atoms with Gasteiger partial charge in [-0.15, -0.1) is 4.73 Å². The zero-order valence-corrected chi connectivity index (χ0v) is 5.98. The molecule has 7 heteroatoms. The minimum absolute atomic E-state index is 0.0849. The number of nitrogens with two attached hydrogens (primary N) is 1. The van der Waals surface area contributed by atoms with Gasteiger partial charge in [-0.3, -0.25) is 10.2 Å². The first-order chi connectivity index (χ1) is 5.66. The van der Waals surface area contributed by atoms with E-state index < -0.39 is 0 Å². The van der Waals surface area contributed by atoms with Crippen LogP contribution < -0.4 is 16.5 Å². The number of nitrogens with one attached hydrogen (secondary N) is 2. The van der Waals surface area contributed by atoms with Gasteiger partial charge in [0.1, 0.15) is 5.69 Å². The number of nitrogens with zero attached hydrogens (tertiary/aromatic N) is 2. The fraction of sp³-hybridized carbons (Fsp3) is 0. The Balaban J connectivity index is 3.26. The Kier molecular flexibility index (Phi) is 1.95. The Bertz CT molecular complexity index is 357. The van der Waals surface area contributed by atoms with Crippen LogP contribution in [0.3, 0.4) is 0 Å². The van der Waals surface area contributed by atoms with Gasteiger partial charge in [-0.1, -0.05) is 0 Å². The van der Waals surface area contributed by atoms with E-state index in [0.717, 1.165) is 0 Å². The highest BCUT2D eigenvalue weighted by Gasteiger charge is 2.01.